The number of para-hydroxylation sites is 1. The molecule has 2 aliphatic rings. The molecular weight excluding hydrogens is 484 g/mol. The quantitative estimate of drug-likeness (QED) is 0.237. The van der Waals surface area contributed by atoms with E-state index >= 15 is 0 Å². The Kier molecular flexibility index (Phi) is 15.4. The van der Waals surface area contributed by atoms with E-state index in [-0.39, 0.29) is 11.8 Å². The average Bonchev–Trinajstić information content (AvgIpc) is 3.06. The van der Waals surface area contributed by atoms with E-state index in [1.165, 1.54) is 5.57 Å². The Morgan fingerprint density at radius 2 is 1.87 bits per heavy atom. The summed E-state index contributed by atoms with van der Waals surface area (Å²) in [7, 11) is 1.73. The summed E-state index contributed by atoms with van der Waals surface area (Å²) in [6, 6.07) is 7.69. The first-order valence-corrected chi connectivity index (χ1v) is 12.5. The van der Waals surface area contributed by atoms with Crippen LogP contribution in [0.3, 0.4) is 0 Å². The first kappa shape index (κ1) is 32.0. The van der Waals surface area contributed by atoms with Gasteiger partial charge in [-0.3, -0.25) is 9.59 Å². The number of rotatable bonds is 10. The maximum absolute atomic E-state index is 12.4. The van der Waals surface area contributed by atoms with Gasteiger partial charge in [0.1, 0.15) is 18.3 Å². The number of hydrogen-bond acceptors (Lipinski definition) is 6. The first-order valence-electron chi connectivity index (χ1n) is 12.5. The fourth-order valence-electron chi connectivity index (χ4n) is 3.41. The van der Waals surface area contributed by atoms with Crippen LogP contribution < -0.4 is 15.4 Å². The predicted molar refractivity (Wildman–Crippen MR) is 148 cm³/mol. The molecule has 3 rings (SSSR count). The van der Waals surface area contributed by atoms with Crippen molar-refractivity contribution in [2.45, 2.75) is 46.5 Å². The van der Waals surface area contributed by atoms with E-state index in [1.807, 2.05) is 56.3 Å². The summed E-state index contributed by atoms with van der Waals surface area (Å²) in [6.45, 7) is 6.20. The van der Waals surface area contributed by atoms with E-state index in [0.717, 1.165) is 54.8 Å². The number of likely N-dealkylation sites (N-methyl/N-ethyl adjacent to an activating group) is 1. The first-order chi connectivity index (χ1) is 18.2. The molecule has 1 aromatic rings. The maximum Gasteiger partial charge on any atom is 0.300 e. The van der Waals surface area contributed by atoms with E-state index in [4.69, 9.17) is 14.6 Å². The molecule has 1 heterocycles. The summed E-state index contributed by atoms with van der Waals surface area (Å²) in [5.74, 6) is 0.149. The van der Waals surface area contributed by atoms with Gasteiger partial charge >= 0.3 is 0 Å². The van der Waals surface area contributed by atoms with Crippen LogP contribution >= 0.6 is 0 Å². The summed E-state index contributed by atoms with van der Waals surface area (Å²) in [5.41, 5.74) is 7.14. The Morgan fingerprint density at radius 1 is 1.16 bits per heavy atom. The Morgan fingerprint density at radius 3 is 2.50 bits per heavy atom. The minimum atomic E-state index is -0.833. The van der Waals surface area contributed by atoms with E-state index in [0.29, 0.717) is 31.7 Å². The van der Waals surface area contributed by atoms with Crippen molar-refractivity contribution in [3.63, 3.8) is 0 Å². The van der Waals surface area contributed by atoms with Gasteiger partial charge in [-0.1, -0.05) is 48.6 Å². The molecule has 8 heteroatoms. The highest BCUT2D eigenvalue weighted by Crippen LogP contribution is 2.28. The highest BCUT2D eigenvalue weighted by molar-refractivity contribution is 5.94. The minimum absolute atomic E-state index is 0.0199. The summed E-state index contributed by atoms with van der Waals surface area (Å²) >= 11 is 0. The number of ether oxygens (including phenoxy) is 1. The second kappa shape index (κ2) is 18.3. The van der Waals surface area contributed by atoms with Gasteiger partial charge in [0, 0.05) is 24.6 Å². The average molecular weight is 523 g/mol. The second-order valence-electron chi connectivity index (χ2n) is 8.67. The van der Waals surface area contributed by atoms with Crippen LogP contribution in [0.25, 0.3) is 6.08 Å². The lowest BCUT2D eigenvalue weighted by Crippen LogP contribution is -2.26. The van der Waals surface area contributed by atoms with Crippen LogP contribution in [-0.4, -0.2) is 49.7 Å². The molecule has 1 aromatic carbocycles. The Bertz CT molecular complexity index is 1120. The number of carbonyl (C=O) groups is 4. The molecule has 0 fully saturated rings. The number of carbonyl (C=O) groups excluding carboxylic acids is 3. The highest BCUT2D eigenvalue weighted by atomic mass is 16.5. The molecule has 3 N–H and O–H groups in total. The zero-order chi connectivity index (χ0) is 28.3. The molecule has 0 spiro atoms. The summed E-state index contributed by atoms with van der Waals surface area (Å²) < 4.78 is 5.85. The number of hydrogen-bond donors (Lipinski definition) is 3. The normalized spacial score (nSPS) is 14.0. The SMILES string of the molecule is CC(=O)O.CC1=C(C)C=C(C(=O)NCCCCC(C=O)C2=C=Cc3ccccc3O2)CC=C1.CNCC=O. The summed E-state index contributed by atoms with van der Waals surface area (Å²) in [4.78, 5) is 42.3. The van der Waals surface area contributed by atoms with Crippen LogP contribution in [0.1, 0.15) is 52.0 Å². The number of carboxylic acids is 1. The van der Waals surface area contributed by atoms with Gasteiger partial charge in [-0.05, 0) is 63.4 Å². The van der Waals surface area contributed by atoms with Crippen LogP contribution in [0.5, 0.6) is 5.75 Å². The number of unbranched alkanes of at least 4 members (excludes halogenated alkanes) is 1. The molecule has 0 bridgehead atoms. The van der Waals surface area contributed by atoms with E-state index in [9.17, 15) is 14.4 Å². The molecule has 204 valence electrons. The van der Waals surface area contributed by atoms with E-state index in [2.05, 4.69) is 22.4 Å². The van der Waals surface area contributed by atoms with Gasteiger partial charge in [0.05, 0.1) is 12.5 Å². The third-order valence-electron chi connectivity index (χ3n) is 5.53. The van der Waals surface area contributed by atoms with Gasteiger partial charge in [-0.2, -0.15) is 0 Å². The lowest BCUT2D eigenvalue weighted by Gasteiger charge is -2.18. The Labute approximate surface area is 224 Å². The number of allylic oxidation sites excluding steroid dienone is 6. The largest absolute Gasteiger partial charge is 0.481 e. The molecule has 0 radical (unpaired) electrons. The number of amides is 1. The molecule has 0 saturated heterocycles. The molecule has 1 unspecified atom stereocenters. The van der Waals surface area contributed by atoms with Crippen molar-refractivity contribution < 1.29 is 29.0 Å². The second-order valence-corrected chi connectivity index (χ2v) is 8.67. The number of fused-ring (bicyclic) bond motifs is 1. The van der Waals surface area contributed by atoms with Crippen molar-refractivity contribution in [1.82, 2.24) is 10.6 Å². The third-order valence-corrected chi connectivity index (χ3v) is 5.53. The third kappa shape index (κ3) is 12.3. The van der Waals surface area contributed by atoms with Gasteiger partial charge in [-0.25, -0.2) is 0 Å². The topological polar surface area (TPSA) is 122 Å². The molecule has 38 heavy (non-hydrogen) atoms. The van der Waals surface area contributed by atoms with Crippen molar-refractivity contribution in [3.05, 3.63) is 76.3 Å². The van der Waals surface area contributed by atoms with Crippen molar-refractivity contribution >= 4 is 30.5 Å². The van der Waals surface area contributed by atoms with Crippen LogP contribution in [-0.2, 0) is 19.2 Å². The molecule has 8 nitrogen and oxygen atoms in total. The van der Waals surface area contributed by atoms with Crippen LogP contribution in [0.15, 0.2) is 70.7 Å². The van der Waals surface area contributed by atoms with Crippen molar-refractivity contribution in [3.8, 4) is 5.75 Å². The minimum Gasteiger partial charge on any atom is -0.481 e. The molecule has 0 saturated carbocycles. The standard InChI is InChI=1S/C25H27NO3.C3H7NO.C2H4O2/c1-18-8-7-11-21(16-19(18)2)25(28)26-15-6-5-10-22(17-27)24-14-13-20-9-3-4-12-23(20)29-24;1-4-2-3-5;1-2(3)4/h3-4,7-9,12-13,16-17,22H,5-6,10-11,15H2,1-2H3,(H,26,28);3-4H,2H2,1H3;1H3,(H,3,4). The maximum atomic E-state index is 12.4. The fourth-order valence-corrected chi connectivity index (χ4v) is 3.41. The molecule has 1 aliphatic heterocycles. The monoisotopic (exact) mass is 522 g/mol. The number of nitrogens with one attached hydrogen (secondary N) is 2. The Balaban J connectivity index is 0.000000694. The van der Waals surface area contributed by atoms with Crippen LogP contribution in [0.4, 0.5) is 0 Å². The number of aliphatic carboxylic acids is 1. The molecule has 1 aliphatic carbocycles. The number of benzene rings is 1. The zero-order valence-electron chi connectivity index (χ0n) is 22.6. The van der Waals surface area contributed by atoms with Crippen molar-refractivity contribution in [2.24, 2.45) is 5.92 Å². The molecule has 0 aromatic heterocycles. The van der Waals surface area contributed by atoms with Gasteiger partial charge in [0.15, 0.2) is 5.76 Å². The predicted octanol–water partition coefficient (Wildman–Crippen LogP) is 4.39. The van der Waals surface area contributed by atoms with E-state index in [1.54, 1.807) is 7.05 Å². The van der Waals surface area contributed by atoms with Crippen molar-refractivity contribution in [1.29, 1.82) is 0 Å². The van der Waals surface area contributed by atoms with Gasteiger partial charge < -0.3 is 30.1 Å². The molecule has 1 amide bonds. The summed E-state index contributed by atoms with van der Waals surface area (Å²) in [6.07, 6.45) is 12.6. The molecule has 1 atom stereocenters. The van der Waals surface area contributed by atoms with E-state index < -0.39 is 5.97 Å². The Hall–Kier alpha value is -4.00. The smallest absolute Gasteiger partial charge is 0.300 e. The van der Waals surface area contributed by atoms with Gasteiger partial charge in [0.2, 0.25) is 5.91 Å². The molecular formula is C30H38N2O6. The fraction of sp³-hybridized carbons (Fsp3) is 0.367. The van der Waals surface area contributed by atoms with Crippen LogP contribution in [0, 0.1) is 5.92 Å². The summed E-state index contributed by atoms with van der Waals surface area (Å²) in [5, 5.41) is 13.1. The van der Waals surface area contributed by atoms with Crippen molar-refractivity contribution in [2.75, 3.05) is 20.1 Å². The number of aldehydes is 2. The van der Waals surface area contributed by atoms with Gasteiger partial charge in [-0.15, -0.1) is 0 Å². The van der Waals surface area contributed by atoms with Gasteiger partial charge in [0.25, 0.3) is 5.97 Å². The van der Waals surface area contributed by atoms with Crippen LogP contribution in [0.2, 0.25) is 0 Å². The zero-order valence-corrected chi connectivity index (χ0v) is 22.6. The lowest BCUT2D eigenvalue weighted by atomic mass is 10.00. The number of carboxylic acid groups (broad SMARTS) is 1. The lowest BCUT2D eigenvalue weighted by molar-refractivity contribution is -0.134. The highest BCUT2D eigenvalue weighted by Gasteiger charge is 2.19.